The smallest absolute Gasteiger partial charge is 0.308 e. The molecule has 2 aliphatic heterocycles. The molecule has 1 saturated heterocycles. The van der Waals surface area contributed by atoms with E-state index in [0.29, 0.717) is 34.8 Å². The number of amides is 1. The van der Waals surface area contributed by atoms with E-state index in [-0.39, 0.29) is 22.2 Å². The molecule has 0 spiro atoms. The molecule has 0 radical (unpaired) electrons. The Hall–Kier alpha value is -2.65. The quantitative estimate of drug-likeness (QED) is 0.586. The highest BCUT2D eigenvalue weighted by Gasteiger charge is 2.31. The summed E-state index contributed by atoms with van der Waals surface area (Å²) < 4.78 is 30.1. The predicted octanol–water partition coefficient (Wildman–Crippen LogP) is 3.07. The number of likely N-dealkylation sites (tertiary alicyclic amines) is 1. The second-order valence-corrected chi connectivity index (χ2v) is 11.5. The van der Waals surface area contributed by atoms with Crippen LogP contribution in [-0.2, 0) is 27.8 Å². The first-order valence-electron chi connectivity index (χ1n) is 10.9. The van der Waals surface area contributed by atoms with E-state index < -0.39 is 10.0 Å². The summed E-state index contributed by atoms with van der Waals surface area (Å²) in [5, 5.41) is 0. The second-order valence-electron chi connectivity index (χ2n) is 8.60. The van der Waals surface area contributed by atoms with Gasteiger partial charge in [0.2, 0.25) is 5.91 Å². The SMILES string of the molecule is CC1CCN(C(=O)Cn2c(=O)sc3cc(S(=O)(=O)N4CCc5ccccc54)ccc32)CC1. The topological polar surface area (TPSA) is 79.7 Å². The molecule has 3 aromatic rings. The fourth-order valence-corrected chi connectivity index (χ4v) is 7.07. The van der Waals surface area contributed by atoms with Gasteiger partial charge in [0.25, 0.3) is 10.0 Å². The van der Waals surface area contributed by atoms with Gasteiger partial charge in [0.1, 0.15) is 6.54 Å². The van der Waals surface area contributed by atoms with Crippen molar-refractivity contribution in [1.82, 2.24) is 9.47 Å². The van der Waals surface area contributed by atoms with Gasteiger partial charge in [0.05, 0.1) is 20.8 Å². The normalized spacial score (nSPS) is 17.2. The Morgan fingerprint density at radius 3 is 2.62 bits per heavy atom. The molecule has 0 aliphatic carbocycles. The summed E-state index contributed by atoms with van der Waals surface area (Å²) in [6.07, 6.45) is 2.64. The van der Waals surface area contributed by atoms with Crippen molar-refractivity contribution < 1.29 is 13.2 Å². The molecule has 0 saturated carbocycles. The lowest BCUT2D eigenvalue weighted by Crippen LogP contribution is -2.40. The van der Waals surface area contributed by atoms with Crippen molar-refractivity contribution in [2.24, 2.45) is 5.92 Å². The van der Waals surface area contributed by atoms with Gasteiger partial charge in [-0.15, -0.1) is 0 Å². The molecule has 0 atom stereocenters. The van der Waals surface area contributed by atoms with Gasteiger partial charge in [-0.05, 0) is 55.0 Å². The van der Waals surface area contributed by atoms with E-state index in [1.165, 1.54) is 14.9 Å². The zero-order valence-electron chi connectivity index (χ0n) is 17.9. The van der Waals surface area contributed by atoms with Gasteiger partial charge in [-0.1, -0.05) is 36.5 Å². The monoisotopic (exact) mass is 471 g/mol. The van der Waals surface area contributed by atoms with E-state index in [2.05, 4.69) is 6.92 Å². The number of para-hydroxylation sites is 1. The average molecular weight is 472 g/mol. The third-order valence-electron chi connectivity index (χ3n) is 6.50. The fraction of sp³-hybridized carbons (Fsp3) is 0.391. The number of carbonyl (C=O) groups excluding carboxylic acids is 1. The minimum Gasteiger partial charge on any atom is -0.341 e. The standard InChI is InChI=1S/C23H25N3O4S2/c1-16-8-11-24(12-9-16)22(27)15-25-20-7-6-18(14-21(20)31-23(25)28)32(29,30)26-13-10-17-4-2-3-5-19(17)26/h2-7,14,16H,8-13,15H2,1H3. The van der Waals surface area contributed by atoms with Gasteiger partial charge in [0.15, 0.2) is 0 Å². The van der Waals surface area contributed by atoms with Crippen LogP contribution in [-0.4, -0.2) is 43.4 Å². The molecule has 0 bridgehead atoms. The number of piperidine rings is 1. The number of nitrogens with zero attached hydrogens (tertiary/aromatic N) is 3. The number of thiazole rings is 1. The molecular formula is C23H25N3O4S2. The zero-order valence-corrected chi connectivity index (χ0v) is 19.5. The number of sulfonamides is 1. The van der Waals surface area contributed by atoms with Crippen LogP contribution in [0.5, 0.6) is 0 Å². The first-order chi connectivity index (χ1) is 15.3. The van der Waals surface area contributed by atoms with Crippen molar-refractivity contribution in [2.75, 3.05) is 23.9 Å². The van der Waals surface area contributed by atoms with Crippen molar-refractivity contribution in [3.05, 3.63) is 57.7 Å². The van der Waals surface area contributed by atoms with Gasteiger partial charge < -0.3 is 4.90 Å². The number of aromatic nitrogens is 1. The highest BCUT2D eigenvalue weighted by atomic mass is 32.2. The van der Waals surface area contributed by atoms with Crippen molar-refractivity contribution in [1.29, 1.82) is 0 Å². The van der Waals surface area contributed by atoms with Crippen LogP contribution in [0.25, 0.3) is 10.2 Å². The van der Waals surface area contributed by atoms with Gasteiger partial charge in [-0.3, -0.25) is 18.5 Å². The van der Waals surface area contributed by atoms with Crippen LogP contribution in [0.4, 0.5) is 5.69 Å². The molecule has 32 heavy (non-hydrogen) atoms. The third kappa shape index (κ3) is 3.63. The second kappa shape index (κ2) is 8.04. The van der Waals surface area contributed by atoms with E-state index >= 15 is 0 Å². The van der Waals surface area contributed by atoms with Crippen LogP contribution in [0.3, 0.4) is 0 Å². The van der Waals surface area contributed by atoms with E-state index in [1.807, 2.05) is 29.2 Å². The molecule has 7 nitrogen and oxygen atoms in total. The predicted molar refractivity (Wildman–Crippen MR) is 126 cm³/mol. The minimum absolute atomic E-state index is 0.0151. The minimum atomic E-state index is -3.74. The summed E-state index contributed by atoms with van der Waals surface area (Å²) in [5.74, 6) is 0.552. The van der Waals surface area contributed by atoms with Gasteiger partial charge in [0, 0.05) is 19.6 Å². The van der Waals surface area contributed by atoms with Gasteiger partial charge >= 0.3 is 4.87 Å². The number of rotatable bonds is 4. The highest BCUT2D eigenvalue weighted by Crippen LogP contribution is 2.33. The fourth-order valence-electron chi connectivity index (χ4n) is 4.54. The maximum absolute atomic E-state index is 13.3. The molecule has 9 heteroatoms. The molecule has 0 N–H and O–H groups in total. The molecule has 2 aromatic carbocycles. The summed E-state index contributed by atoms with van der Waals surface area (Å²) in [6.45, 7) is 4.01. The molecule has 1 fully saturated rings. The van der Waals surface area contributed by atoms with E-state index in [4.69, 9.17) is 0 Å². The van der Waals surface area contributed by atoms with Crippen molar-refractivity contribution in [3.8, 4) is 0 Å². The Balaban J connectivity index is 1.43. The van der Waals surface area contributed by atoms with Crippen molar-refractivity contribution >= 4 is 43.2 Å². The Labute approximate surface area is 190 Å². The number of hydrogen-bond acceptors (Lipinski definition) is 5. The van der Waals surface area contributed by atoms with Crippen LogP contribution < -0.4 is 9.18 Å². The maximum atomic E-state index is 13.3. The summed E-state index contributed by atoms with van der Waals surface area (Å²) in [6, 6.07) is 12.2. The average Bonchev–Trinajstić information content (AvgIpc) is 3.35. The summed E-state index contributed by atoms with van der Waals surface area (Å²) in [5.41, 5.74) is 2.32. The van der Waals surface area contributed by atoms with Crippen LogP contribution in [0.1, 0.15) is 25.3 Å². The first kappa shape index (κ1) is 21.2. The lowest BCUT2D eigenvalue weighted by Gasteiger charge is -2.30. The Bertz CT molecular complexity index is 1350. The number of hydrogen-bond donors (Lipinski definition) is 0. The van der Waals surface area contributed by atoms with Gasteiger partial charge in [-0.2, -0.15) is 0 Å². The Morgan fingerprint density at radius 2 is 1.84 bits per heavy atom. The summed E-state index contributed by atoms with van der Waals surface area (Å²) in [4.78, 5) is 27.1. The number of fused-ring (bicyclic) bond motifs is 2. The Kier molecular flexibility index (Phi) is 5.33. The molecule has 5 rings (SSSR count). The molecule has 3 heterocycles. The summed E-state index contributed by atoms with van der Waals surface area (Å²) >= 11 is 0.980. The van der Waals surface area contributed by atoms with E-state index in [1.54, 1.807) is 12.1 Å². The molecular weight excluding hydrogens is 446 g/mol. The zero-order chi connectivity index (χ0) is 22.5. The van der Waals surface area contributed by atoms with Gasteiger partial charge in [-0.25, -0.2) is 8.42 Å². The molecule has 1 amide bonds. The molecule has 1 aromatic heterocycles. The van der Waals surface area contributed by atoms with Crippen molar-refractivity contribution in [3.63, 3.8) is 0 Å². The van der Waals surface area contributed by atoms with Crippen LogP contribution in [0.15, 0.2) is 52.2 Å². The highest BCUT2D eigenvalue weighted by molar-refractivity contribution is 7.92. The molecule has 2 aliphatic rings. The molecule has 0 unspecified atom stereocenters. The number of anilines is 1. The van der Waals surface area contributed by atoms with E-state index in [0.717, 1.165) is 42.8 Å². The number of carbonyl (C=O) groups is 1. The van der Waals surface area contributed by atoms with Crippen molar-refractivity contribution in [2.45, 2.75) is 37.6 Å². The molecule has 168 valence electrons. The lowest BCUT2D eigenvalue weighted by molar-refractivity contribution is -0.133. The van der Waals surface area contributed by atoms with Crippen LogP contribution >= 0.6 is 11.3 Å². The largest absolute Gasteiger partial charge is 0.341 e. The van der Waals surface area contributed by atoms with E-state index in [9.17, 15) is 18.0 Å². The maximum Gasteiger partial charge on any atom is 0.308 e. The van der Waals surface area contributed by atoms with Crippen LogP contribution in [0, 0.1) is 5.92 Å². The first-order valence-corrected chi connectivity index (χ1v) is 13.1. The number of benzene rings is 2. The summed E-state index contributed by atoms with van der Waals surface area (Å²) in [7, 11) is -3.74. The Morgan fingerprint density at radius 1 is 1.09 bits per heavy atom. The van der Waals surface area contributed by atoms with Crippen LogP contribution in [0.2, 0.25) is 0 Å². The third-order valence-corrected chi connectivity index (χ3v) is 9.25. The lowest BCUT2D eigenvalue weighted by atomic mass is 9.99.